The Morgan fingerprint density at radius 1 is 0.900 bits per heavy atom. The molecule has 1 N–H and O–H groups in total. The largest absolute Gasteiger partial charge is 0.460 e. The van der Waals surface area contributed by atoms with Crippen LogP contribution >= 0.6 is 12.2 Å². The van der Waals surface area contributed by atoms with E-state index in [1.165, 1.54) is 0 Å². The summed E-state index contributed by atoms with van der Waals surface area (Å²) in [5.74, 6) is -3.57. The highest BCUT2D eigenvalue weighted by Crippen LogP contribution is 2.56. The van der Waals surface area contributed by atoms with E-state index in [2.05, 4.69) is 17.5 Å². The molecular weight excluding hydrogens is 297 g/mol. The maximum Gasteiger partial charge on any atom is 0.460 e. The van der Waals surface area contributed by atoms with Gasteiger partial charge in [0, 0.05) is 5.54 Å². The van der Waals surface area contributed by atoms with Gasteiger partial charge < -0.3 is 5.32 Å². The second-order valence-corrected chi connectivity index (χ2v) is 7.13. The maximum absolute atomic E-state index is 13.3. The molecule has 4 bridgehead atoms. The lowest BCUT2D eigenvalue weighted by Gasteiger charge is -2.57. The summed E-state index contributed by atoms with van der Waals surface area (Å²) in [4.78, 5) is -1.35. The predicted molar refractivity (Wildman–Crippen MR) is 67.6 cm³/mol. The molecule has 0 saturated heterocycles. The number of nitrogens with one attached hydrogen (secondary N) is 1. The SMILES string of the molecule is FC(F)(F)C(F)(F)C(=S)NC12CC3CC(CC(C3)C1)C2. The number of alkyl halides is 5. The summed E-state index contributed by atoms with van der Waals surface area (Å²) in [6.07, 6.45) is -0.345. The minimum absolute atomic E-state index is 0.455. The molecule has 0 aromatic heterocycles. The minimum atomic E-state index is -5.63. The number of hydrogen-bond donors (Lipinski definition) is 1. The average Bonchev–Trinajstić information content (AvgIpc) is 2.24. The Labute approximate surface area is 119 Å². The topological polar surface area (TPSA) is 12.0 Å². The van der Waals surface area contributed by atoms with Crippen LogP contribution in [0.1, 0.15) is 38.5 Å². The zero-order valence-electron chi connectivity index (χ0n) is 10.8. The molecule has 0 spiro atoms. The van der Waals surface area contributed by atoms with Gasteiger partial charge in [0.25, 0.3) is 0 Å². The van der Waals surface area contributed by atoms with Gasteiger partial charge in [0.2, 0.25) is 0 Å². The van der Waals surface area contributed by atoms with Crippen molar-refractivity contribution < 1.29 is 22.0 Å². The van der Waals surface area contributed by atoms with E-state index >= 15 is 0 Å². The number of thiocarbonyl (C=S) groups is 1. The second kappa shape index (κ2) is 4.27. The highest BCUT2D eigenvalue weighted by atomic mass is 32.1. The first kappa shape index (κ1) is 14.5. The smallest absolute Gasteiger partial charge is 0.369 e. The first-order valence-electron chi connectivity index (χ1n) is 6.88. The van der Waals surface area contributed by atoms with Crippen molar-refractivity contribution in [3.05, 3.63) is 0 Å². The van der Waals surface area contributed by atoms with Crippen LogP contribution in [-0.4, -0.2) is 22.6 Å². The lowest BCUT2D eigenvalue weighted by atomic mass is 9.53. The lowest BCUT2D eigenvalue weighted by Crippen LogP contribution is -2.63. The van der Waals surface area contributed by atoms with Crippen LogP contribution in [0.15, 0.2) is 0 Å². The molecule has 0 amide bonds. The number of rotatable bonds is 2. The van der Waals surface area contributed by atoms with Crippen molar-refractivity contribution in [2.45, 2.75) is 56.2 Å². The van der Waals surface area contributed by atoms with Crippen LogP contribution < -0.4 is 5.32 Å². The molecule has 0 heterocycles. The molecule has 20 heavy (non-hydrogen) atoms. The van der Waals surface area contributed by atoms with Gasteiger partial charge in [-0.3, -0.25) is 0 Å². The van der Waals surface area contributed by atoms with Gasteiger partial charge in [-0.25, -0.2) is 0 Å². The maximum atomic E-state index is 13.3. The number of hydrogen-bond acceptors (Lipinski definition) is 1. The summed E-state index contributed by atoms with van der Waals surface area (Å²) in [5.41, 5.74) is -0.624. The van der Waals surface area contributed by atoms with Crippen molar-refractivity contribution in [1.82, 2.24) is 5.32 Å². The van der Waals surface area contributed by atoms with E-state index in [-0.39, 0.29) is 0 Å². The average molecular weight is 313 g/mol. The molecule has 0 radical (unpaired) electrons. The summed E-state index contributed by atoms with van der Waals surface area (Å²) >= 11 is 4.39. The molecule has 114 valence electrons. The highest BCUT2D eigenvalue weighted by molar-refractivity contribution is 7.80. The molecule has 4 aliphatic carbocycles. The van der Waals surface area contributed by atoms with Gasteiger partial charge >= 0.3 is 12.1 Å². The summed E-state index contributed by atoms with van der Waals surface area (Å²) in [6, 6.07) is 0. The Morgan fingerprint density at radius 2 is 1.30 bits per heavy atom. The normalized spacial score (nSPS) is 40.0. The molecule has 1 nitrogen and oxygen atoms in total. The van der Waals surface area contributed by atoms with Crippen molar-refractivity contribution >= 4 is 17.2 Å². The molecule has 0 aromatic carbocycles. The van der Waals surface area contributed by atoms with Gasteiger partial charge in [-0.15, -0.1) is 0 Å². The first-order chi connectivity index (χ1) is 9.11. The van der Waals surface area contributed by atoms with Crippen LogP contribution in [0, 0.1) is 17.8 Å². The number of halogens is 5. The molecule has 4 saturated carbocycles. The fourth-order valence-corrected chi connectivity index (χ4v) is 5.04. The van der Waals surface area contributed by atoms with Crippen LogP contribution in [0.3, 0.4) is 0 Å². The fourth-order valence-electron chi connectivity index (χ4n) is 4.71. The molecule has 7 heteroatoms. The Morgan fingerprint density at radius 3 is 1.65 bits per heavy atom. The molecule has 0 aliphatic heterocycles. The molecule has 4 aliphatic rings. The van der Waals surface area contributed by atoms with Crippen LogP contribution in [0.2, 0.25) is 0 Å². The van der Waals surface area contributed by atoms with Crippen LogP contribution in [-0.2, 0) is 0 Å². The Balaban J connectivity index is 1.76. The monoisotopic (exact) mass is 313 g/mol. The summed E-state index contributed by atoms with van der Waals surface area (Å²) in [6.45, 7) is 0. The van der Waals surface area contributed by atoms with E-state index in [4.69, 9.17) is 0 Å². The van der Waals surface area contributed by atoms with Gasteiger partial charge in [0.05, 0.1) is 0 Å². The van der Waals surface area contributed by atoms with Crippen LogP contribution in [0.4, 0.5) is 22.0 Å². The molecular formula is C13H16F5NS. The van der Waals surface area contributed by atoms with E-state index in [9.17, 15) is 22.0 Å². The zero-order chi connectivity index (χ0) is 14.8. The van der Waals surface area contributed by atoms with Gasteiger partial charge in [0.1, 0.15) is 0 Å². The Hall–Kier alpha value is -0.460. The third-order valence-electron chi connectivity index (χ3n) is 5.06. The van der Waals surface area contributed by atoms with Crippen molar-refractivity contribution in [3.63, 3.8) is 0 Å². The minimum Gasteiger partial charge on any atom is -0.369 e. The molecule has 4 rings (SSSR count). The molecule has 4 fully saturated rings. The van der Waals surface area contributed by atoms with Crippen LogP contribution in [0.25, 0.3) is 0 Å². The van der Waals surface area contributed by atoms with Crippen molar-refractivity contribution in [1.29, 1.82) is 0 Å². The predicted octanol–water partition coefficient (Wildman–Crippen LogP) is 4.07. The van der Waals surface area contributed by atoms with Gasteiger partial charge in [-0.1, -0.05) is 12.2 Å². The standard InChI is InChI=1S/C13H16F5NS/c14-12(15,13(16,17)18)10(20)19-11-4-7-1-8(5-11)3-9(2-7)6-11/h7-9H,1-6H2,(H,19,20). The molecule has 0 unspecified atom stereocenters. The summed E-state index contributed by atoms with van der Waals surface area (Å²) in [5, 5.41) is 2.43. The van der Waals surface area contributed by atoms with E-state index in [0.29, 0.717) is 37.0 Å². The van der Waals surface area contributed by atoms with Crippen molar-refractivity contribution in [3.8, 4) is 0 Å². The van der Waals surface area contributed by atoms with E-state index in [1.807, 2.05) is 0 Å². The summed E-state index contributed by atoms with van der Waals surface area (Å²) < 4.78 is 63.7. The molecule has 0 aromatic rings. The van der Waals surface area contributed by atoms with Gasteiger partial charge in [-0.2, -0.15) is 22.0 Å². The Kier molecular flexibility index (Phi) is 3.09. The van der Waals surface area contributed by atoms with Crippen molar-refractivity contribution in [2.24, 2.45) is 17.8 Å². The molecule has 0 atom stereocenters. The van der Waals surface area contributed by atoms with E-state index < -0.39 is 22.6 Å². The van der Waals surface area contributed by atoms with E-state index in [0.717, 1.165) is 19.3 Å². The summed E-state index contributed by atoms with van der Waals surface area (Å²) in [7, 11) is 0. The van der Waals surface area contributed by atoms with Gasteiger partial charge in [-0.05, 0) is 56.3 Å². The quantitative estimate of drug-likeness (QED) is 0.609. The fraction of sp³-hybridized carbons (Fsp3) is 0.923. The third kappa shape index (κ3) is 2.22. The van der Waals surface area contributed by atoms with E-state index in [1.54, 1.807) is 0 Å². The van der Waals surface area contributed by atoms with Crippen LogP contribution in [0.5, 0.6) is 0 Å². The van der Waals surface area contributed by atoms with Crippen molar-refractivity contribution in [2.75, 3.05) is 0 Å². The lowest BCUT2D eigenvalue weighted by molar-refractivity contribution is -0.249. The first-order valence-corrected chi connectivity index (χ1v) is 7.29. The third-order valence-corrected chi connectivity index (χ3v) is 5.42. The highest BCUT2D eigenvalue weighted by Gasteiger charge is 2.62. The second-order valence-electron chi connectivity index (χ2n) is 6.72. The van der Waals surface area contributed by atoms with Gasteiger partial charge in [0.15, 0.2) is 4.99 Å². The zero-order valence-corrected chi connectivity index (χ0v) is 11.6. The Bertz CT molecular complexity index is 396.